The summed E-state index contributed by atoms with van der Waals surface area (Å²) >= 11 is 1.37. The Morgan fingerprint density at radius 1 is 1.04 bits per heavy atom. The van der Waals surface area contributed by atoms with Gasteiger partial charge in [0, 0.05) is 17.3 Å². The van der Waals surface area contributed by atoms with Gasteiger partial charge in [0.05, 0.1) is 17.7 Å². The molecule has 1 aliphatic rings. The molecule has 26 heavy (non-hydrogen) atoms. The van der Waals surface area contributed by atoms with E-state index in [-0.39, 0.29) is 4.90 Å². The molecule has 0 atom stereocenters. The van der Waals surface area contributed by atoms with E-state index in [9.17, 15) is 8.42 Å². The molecule has 0 N–H and O–H groups in total. The minimum atomic E-state index is -3.85. The van der Waals surface area contributed by atoms with E-state index in [1.807, 2.05) is 6.92 Å². The summed E-state index contributed by atoms with van der Waals surface area (Å²) in [5.74, 6) is 0.951. The molecular formula is C18H15N3O3S2. The van der Waals surface area contributed by atoms with Crippen molar-refractivity contribution in [3.63, 3.8) is 0 Å². The van der Waals surface area contributed by atoms with Crippen LogP contribution in [0.2, 0.25) is 0 Å². The van der Waals surface area contributed by atoms with Crippen molar-refractivity contribution in [1.29, 1.82) is 0 Å². The van der Waals surface area contributed by atoms with E-state index in [0.29, 0.717) is 22.3 Å². The van der Waals surface area contributed by atoms with Gasteiger partial charge in [0.1, 0.15) is 10.8 Å². The van der Waals surface area contributed by atoms with Crippen LogP contribution in [0.1, 0.15) is 5.56 Å². The van der Waals surface area contributed by atoms with Gasteiger partial charge in [-0.3, -0.25) is 0 Å². The molecule has 132 valence electrons. The van der Waals surface area contributed by atoms with Crippen LogP contribution in [0.25, 0.3) is 0 Å². The van der Waals surface area contributed by atoms with Crippen LogP contribution in [-0.2, 0) is 10.0 Å². The lowest BCUT2D eigenvalue weighted by atomic mass is 10.2. The number of methoxy groups -OCH3 is 1. The minimum Gasteiger partial charge on any atom is -0.497 e. The summed E-state index contributed by atoms with van der Waals surface area (Å²) in [7, 11) is -2.28. The fraction of sp³-hybridized carbons (Fsp3) is 0.111. The number of anilines is 2. The molecule has 0 amide bonds. The molecule has 1 aliphatic heterocycles. The molecule has 0 radical (unpaired) electrons. The van der Waals surface area contributed by atoms with E-state index < -0.39 is 10.0 Å². The molecule has 4 rings (SSSR count). The van der Waals surface area contributed by atoms with Gasteiger partial charge in [0.2, 0.25) is 0 Å². The first kappa shape index (κ1) is 16.9. The van der Waals surface area contributed by atoms with Gasteiger partial charge in [-0.1, -0.05) is 29.5 Å². The number of nitrogens with zero attached hydrogens (tertiary/aromatic N) is 3. The molecule has 0 aliphatic carbocycles. The number of fused-ring (bicyclic) bond motifs is 2. The van der Waals surface area contributed by atoms with Crippen LogP contribution >= 0.6 is 11.8 Å². The van der Waals surface area contributed by atoms with Crippen LogP contribution in [0.5, 0.6) is 5.75 Å². The minimum absolute atomic E-state index is 0.202. The van der Waals surface area contributed by atoms with Crippen molar-refractivity contribution < 1.29 is 13.2 Å². The Balaban J connectivity index is 1.94. The first-order valence-electron chi connectivity index (χ1n) is 7.79. The quantitative estimate of drug-likeness (QED) is 0.683. The van der Waals surface area contributed by atoms with Gasteiger partial charge in [-0.15, -0.1) is 0 Å². The molecule has 2 heterocycles. The smallest absolute Gasteiger partial charge is 0.270 e. The monoisotopic (exact) mass is 385 g/mol. The molecule has 1 aromatic heterocycles. The van der Waals surface area contributed by atoms with E-state index in [1.165, 1.54) is 22.3 Å². The lowest BCUT2D eigenvalue weighted by Gasteiger charge is -2.30. The summed E-state index contributed by atoms with van der Waals surface area (Å²) < 4.78 is 33.3. The summed E-state index contributed by atoms with van der Waals surface area (Å²) in [4.78, 5) is 9.53. The molecule has 0 saturated carbocycles. The zero-order valence-corrected chi connectivity index (χ0v) is 15.7. The topological polar surface area (TPSA) is 72.4 Å². The normalized spacial score (nSPS) is 13.1. The molecule has 3 aromatic rings. The molecular weight excluding hydrogens is 370 g/mol. The molecule has 0 fully saturated rings. The van der Waals surface area contributed by atoms with Crippen LogP contribution in [0.3, 0.4) is 0 Å². The fourth-order valence-corrected chi connectivity index (χ4v) is 5.26. The van der Waals surface area contributed by atoms with E-state index >= 15 is 0 Å². The summed E-state index contributed by atoms with van der Waals surface area (Å²) in [5.41, 5.74) is 1.52. The van der Waals surface area contributed by atoms with Gasteiger partial charge in [-0.25, -0.2) is 22.7 Å². The maximum atomic E-state index is 13.4. The summed E-state index contributed by atoms with van der Waals surface area (Å²) in [6, 6.07) is 12.0. The number of hydrogen-bond acceptors (Lipinski definition) is 6. The first-order valence-corrected chi connectivity index (χ1v) is 10.1. The van der Waals surface area contributed by atoms with E-state index in [2.05, 4.69) is 9.97 Å². The highest BCUT2D eigenvalue weighted by Crippen LogP contribution is 2.49. The highest BCUT2D eigenvalue weighted by Gasteiger charge is 2.35. The second-order valence-corrected chi connectivity index (χ2v) is 8.52. The molecule has 0 unspecified atom stereocenters. The first-order chi connectivity index (χ1) is 12.5. The van der Waals surface area contributed by atoms with E-state index in [1.54, 1.807) is 55.8 Å². The van der Waals surface area contributed by atoms with Crippen LogP contribution in [0.4, 0.5) is 11.5 Å². The third kappa shape index (κ3) is 2.71. The second kappa shape index (κ2) is 6.30. The van der Waals surface area contributed by atoms with Gasteiger partial charge in [0.25, 0.3) is 10.0 Å². The predicted octanol–water partition coefficient (Wildman–Crippen LogP) is 3.79. The van der Waals surface area contributed by atoms with Crippen molar-refractivity contribution >= 4 is 33.3 Å². The Kier molecular flexibility index (Phi) is 4.08. The van der Waals surface area contributed by atoms with Crippen LogP contribution < -0.4 is 9.04 Å². The van der Waals surface area contributed by atoms with E-state index in [0.717, 1.165) is 10.5 Å². The number of ether oxygens (including phenoxy) is 1. The molecule has 6 nitrogen and oxygen atoms in total. The Hall–Kier alpha value is -2.58. The summed E-state index contributed by atoms with van der Waals surface area (Å²) in [6.07, 6.45) is 3.04. The Morgan fingerprint density at radius 2 is 1.77 bits per heavy atom. The van der Waals surface area contributed by atoms with Crippen molar-refractivity contribution in [3.8, 4) is 5.75 Å². The number of aryl methyl sites for hydroxylation is 1. The van der Waals surface area contributed by atoms with E-state index in [4.69, 9.17) is 4.74 Å². The number of hydrogen-bond donors (Lipinski definition) is 0. The number of sulfonamides is 1. The second-order valence-electron chi connectivity index (χ2n) is 5.70. The maximum absolute atomic E-state index is 13.4. The van der Waals surface area contributed by atoms with Gasteiger partial charge in [0.15, 0.2) is 5.82 Å². The molecule has 8 heteroatoms. The maximum Gasteiger partial charge on any atom is 0.270 e. The number of rotatable bonds is 3. The Bertz CT molecular complexity index is 1080. The number of benzene rings is 2. The predicted molar refractivity (Wildman–Crippen MR) is 99.7 cm³/mol. The van der Waals surface area contributed by atoms with Crippen molar-refractivity contribution in [2.75, 3.05) is 11.4 Å². The molecule has 0 spiro atoms. The average molecular weight is 385 g/mol. The van der Waals surface area contributed by atoms with Crippen molar-refractivity contribution in [1.82, 2.24) is 9.97 Å². The fourth-order valence-electron chi connectivity index (χ4n) is 2.68. The highest BCUT2D eigenvalue weighted by atomic mass is 32.2. The van der Waals surface area contributed by atoms with Gasteiger partial charge < -0.3 is 4.74 Å². The zero-order chi connectivity index (χ0) is 18.3. The Morgan fingerprint density at radius 3 is 2.50 bits per heavy atom. The third-order valence-electron chi connectivity index (χ3n) is 3.99. The average Bonchev–Trinajstić information content (AvgIpc) is 2.65. The van der Waals surface area contributed by atoms with Crippen molar-refractivity contribution in [2.24, 2.45) is 0 Å². The zero-order valence-electron chi connectivity index (χ0n) is 14.1. The molecule has 0 saturated heterocycles. The highest BCUT2D eigenvalue weighted by molar-refractivity contribution is 8.00. The number of aromatic nitrogens is 2. The standard InChI is InChI=1S/C18H15N3O3S2/c1-12-3-6-14(7-4-12)26(22,23)21-15-8-5-13(24-2)11-16(15)25-18-17(21)19-9-10-20-18/h3-11H,1-2H3. The van der Waals surface area contributed by atoms with Gasteiger partial charge >= 0.3 is 0 Å². The van der Waals surface area contributed by atoms with Crippen molar-refractivity contribution in [3.05, 3.63) is 60.4 Å². The van der Waals surface area contributed by atoms with Crippen molar-refractivity contribution in [2.45, 2.75) is 21.7 Å². The SMILES string of the molecule is COc1ccc2c(c1)Sc1nccnc1N2S(=O)(=O)c1ccc(C)cc1. The van der Waals surface area contributed by atoms with Gasteiger partial charge in [-0.2, -0.15) is 0 Å². The van der Waals surface area contributed by atoms with Crippen LogP contribution in [0, 0.1) is 6.92 Å². The third-order valence-corrected chi connectivity index (χ3v) is 6.74. The van der Waals surface area contributed by atoms with Crippen LogP contribution in [-0.4, -0.2) is 25.5 Å². The Labute approximate surface area is 155 Å². The lowest BCUT2D eigenvalue weighted by Crippen LogP contribution is -2.29. The lowest BCUT2D eigenvalue weighted by molar-refractivity contribution is 0.413. The molecule has 2 aromatic carbocycles. The summed E-state index contributed by atoms with van der Waals surface area (Å²) in [6.45, 7) is 1.91. The van der Waals surface area contributed by atoms with Gasteiger partial charge in [-0.05, 0) is 37.3 Å². The molecule has 0 bridgehead atoms. The summed E-state index contributed by atoms with van der Waals surface area (Å²) in [5, 5.41) is 0.531. The largest absolute Gasteiger partial charge is 0.497 e. The van der Waals surface area contributed by atoms with Crippen LogP contribution in [0.15, 0.2) is 69.7 Å².